The van der Waals surface area contributed by atoms with E-state index in [0.717, 1.165) is 72.1 Å². The van der Waals surface area contributed by atoms with E-state index in [9.17, 15) is 0 Å². The molecular weight excluding hydrogens is 763 g/mol. The molecule has 0 unspecified atom stereocenters. The third-order valence-electron chi connectivity index (χ3n) is 13.1. The van der Waals surface area contributed by atoms with Gasteiger partial charge in [0, 0.05) is 58.7 Å². The summed E-state index contributed by atoms with van der Waals surface area (Å²) in [5, 5.41) is 6.81. The van der Waals surface area contributed by atoms with E-state index in [1.165, 1.54) is 53.6 Å². The van der Waals surface area contributed by atoms with Gasteiger partial charge in [-0.1, -0.05) is 141 Å². The summed E-state index contributed by atoms with van der Waals surface area (Å²) < 4.78 is 16.2. The molecule has 4 heteroatoms. The maximum absolute atomic E-state index is 6.79. The summed E-state index contributed by atoms with van der Waals surface area (Å²) in [5.41, 5.74) is 16.4. The van der Waals surface area contributed by atoms with E-state index < -0.39 is 0 Å². The van der Waals surface area contributed by atoms with E-state index in [4.69, 9.17) is 8.83 Å². The Morgan fingerprint density at radius 1 is 0.410 bits per heavy atom. The lowest BCUT2D eigenvalue weighted by Gasteiger charge is -2.28. The minimum atomic E-state index is -0.153. The molecule has 0 N–H and O–H groups in total. The first-order valence-electron chi connectivity index (χ1n) is 20.9. The Kier molecular flexibility index (Phi) is 7.23. The highest BCUT2D eigenvalue weighted by Crippen LogP contribution is 2.52. The Bertz CT molecular complexity index is 3740. The molecule has 0 saturated heterocycles. The molecule has 0 saturated carbocycles. The number of hydrogen-bond acceptors (Lipinski definition) is 4. The van der Waals surface area contributed by atoms with Gasteiger partial charge in [0.05, 0.1) is 11.1 Å². The molecule has 0 bridgehead atoms. The highest BCUT2D eigenvalue weighted by molar-refractivity contribution is 7.25. The lowest BCUT2D eigenvalue weighted by atomic mass is 9.82. The summed E-state index contributed by atoms with van der Waals surface area (Å²) in [6, 6.07) is 68.1. The second kappa shape index (κ2) is 12.8. The summed E-state index contributed by atoms with van der Waals surface area (Å²) in [7, 11) is 0. The Labute approximate surface area is 356 Å². The van der Waals surface area contributed by atoms with E-state index >= 15 is 0 Å². The topological polar surface area (TPSA) is 29.5 Å². The minimum Gasteiger partial charge on any atom is -0.456 e. The van der Waals surface area contributed by atoms with Crippen LogP contribution in [0.5, 0.6) is 0 Å². The number of thiophene rings is 1. The molecule has 61 heavy (non-hydrogen) atoms. The molecule has 0 amide bonds. The summed E-state index contributed by atoms with van der Waals surface area (Å²) in [6.07, 6.45) is 0. The van der Waals surface area contributed by atoms with Crippen LogP contribution >= 0.6 is 11.3 Å². The van der Waals surface area contributed by atoms with E-state index in [1.807, 2.05) is 17.4 Å². The summed E-state index contributed by atoms with van der Waals surface area (Å²) >= 11 is 1.86. The molecule has 13 rings (SSSR count). The third kappa shape index (κ3) is 5.03. The number of fused-ring (bicyclic) bond motifs is 12. The van der Waals surface area contributed by atoms with Crippen molar-refractivity contribution in [2.75, 3.05) is 4.90 Å². The van der Waals surface area contributed by atoms with E-state index in [-0.39, 0.29) is 5.41 Å². The zero-order valence-electron chi connectivity index (χ0n) is 33.6. The van der Waals surface area contributed by atoms with Gasteiger partial charge in [0.2, 0.25) is 0 Å². The third-order valence-corrected chi connectivity index (χ3v) is 14.2. The second-order valence-corrected chi connectivity index (χ2v) is 17.9. The number of hydrogen-bond donors (Lipinski definition) is 0. The fraction of sp³-hybridized carbons (Fsp3) is 0.0526. The number of benzene rings is 9. The average Bonchev–Trinajstić information content (AvgIpc) is 4.04. The first-order valence-corrected chi connectivity index (χ1v) is 21.7. The maximum Gasteiger partial charge on any atom is 0.143 e. The van der Waals surface area contributed by atoms with Crippen molar-refractivity contribution in [2.24, 2.45) is 0 Å². The van der Waals surface area contributed by atoms with Crippen LogP contribution in [0.15, 0.2) is 197 Å². The second-order valence-electron chi connectivity index (χ2n) is 16.8. The molecule has 1 aliphatic carbocycles. The van der Waals surface area contributed by atoms with Crippen molar-refractivity contribution >= 4 is 92.4 Å². The van der Waals surface area contributed by atoms with Crippen molar-refractivity contribution in [1.29, 1.82) is 0 Å². The van der Waals surface area contributed by atoms with Crippen LogP contribution in [0.25, 0.3) is 97.4 Å². The predicted molar refractivity (Wildman–Crippen MR) is 257 cm³/mol. The SMILES string of the molecule is CC1(C)c2ccccc2-c2ccc(N(c3ccc(-c4cccc5sc6ccccc6c45)cc3)c3cccc4oc5cc6c(cc5c34)oc3c(-c4ccccc4)cccc36)cc21. The zero-order valence-corrected chi connectivity index (χ0v) is 34.4. The Balaban J connectivity index is 1.02. The van der Waals surface area contributed by atoms with Gasteiger partial charge in [-0.25, -0.2) is 0 Å². The van der Waals surface area contributed by atoms with Gasteiger partial charge in [0.1, 0.15) is 22.3 Å². The smallest absolute Gasteiger partial charge is 0.143 e. The van der Waals surface area contributed by atoms with Gasteiger partial charge >= 0.3 is 0 Å². The summed E-state index contributed by atoms with van der Waals surface area (Å²) in [5.74, 6) is 0. The molecule has 3 aromatic heterocycles. The number of rotatable bonds is 5. The molecular formula is C57H37NO2S. The lowest BCUT2D eigenvalue weighted by Crippen LogP contribution is -2.16. The number of anilines is 3. The van der Waals surface area contributed by atoms with E-state index in [1.54, 1.807) is 0 Å². The fourth-order valence-corrected chi connectivity index (χ4v) is 11.3. The van der Waals surface area contributed by atoms with Gasteiger partial charge in [-0.2, -0.15) is 0 Å². The van der Waals surface area contributed by atoms with Crippen molar-refractivity contribution in [2.45, 2.75) is 19.3 Å². The number of nitrogens with zero attached hydrogens (tertiary/aromatic N) is 1. The number of furan rings is 2. The van der Waals surface area contributed by atoms with Crippen LogP contribution < -0.4 is 4.90 Å². The highest BCUT2D eigenvalue weighted by Gasteiger charge is 2.36. The standard InChI is InChI=1S/C57H37NO2S/c1-57(2)46-20-8-6-15-40(46)41-30-29-37(31-47(41)57)58(36-27-25-35(26-28-36)38-17-11-24-53-54(38)43-16-7-9-23-52(43)61-53)48-21-12-22-49-55(48)45-33-50-44(32-51(45)59-49)42-19-10-18-39(56(42)60-50)34-13-4-3-5-14-34/h3-33H,1-2H3. The van der Waals surface area contributed by atoms with Crippen LogP contribution in [0.3, 0.4) is 0 Å². The van der Waals surface area contributed by atoms with Gasteiger partial charge in [0.15, 0.2) is 0 Å². The van der Waals surface area contributed by atoms with E-state index in [2.05, 4.69) is 201 Å². The Hall–Kier alpha value is -7.40. The van der Waals surface area contributed by atoms with Crippen molar-refractivity contribution in [3.8, 4) is 33.4 Å². The predicted octanol–water partition coefficient (Wildman–Crippen LogP) is 17.0. The fourth-order valence-electron chi connectivity index (χ4n) is 10.2. The molecule has 0 fully saturated rings. The van der Waals surface area contributed by atoms with Gasteiger partial charge < -0.3 is 13.7 Å². The monoisotopic (exact) mass is 799 g/mol. The van der Waals surface area contributed by atoms with Crippen molar-refractivity contribution in [3.63, 3.8) is 0 Å². The van der Waals surface area contributed by atoms with Crippen molar-refractivity contribution in [3.05, 3.63) is 199 Å². The highest BCUT2D eigenvalue weighted by atomic mass is 32.1. The summed E-state index contributed by atoms with van der Waals surface area (Å²) in [4.78, 5) is 2.41. The van der Waals surface area contributed by atoms with Crippen LogP contribution in [0.4, 0.5) is 17.1 Å². The normalized spacial score (nSPS) is 13.2. The van der Waals surface area contributed by atoms with Crippen LogP contribution in [0, 0.1) is 0 Å². The minimum absolute atomic E-state index is 0.153. The van der Waals surface area contributed by atoms with Gasteiger partial charge in [0.25, 0.3) is 0 Å². The van der Waals surface area contributed by atoms with E-state index in [0.29, 0.717) is 0 Å². The quantitative estimate of drug-likeness (QED) is 0.174. The molecule has 1 aliphatic rings. The molecule has 288 valence electrons. The molecule has 3 heterocycles. The van der Waals surface area contributed by atoms with Gasteiger partial charge in [-0.3, -0.25) is 0 Å². The van der Waals surface area contributed by atoms with Crippen molar-refractivity contribution in [1.82, 2.24) is 0 Å². The maximum atomic E-state index is 6.79. The molecule has 0 radical (unpaired) electrons. The van der Waals surface area contributed by atoms with Crippen LogP contribution in [0.1, 0.15) is 25.0 Å². The number of para-hydroxylation sites is 1. The Morgan fingerprint density at radius 2 is 1.07 bits per heavy atom. The largest absolute Gasteiger partial charge is 0.456 e. The molecule has 9 aromatic carbocycles. The van der Waals surface area contributed by atoms with Gasteiger partial charge in [-0.05, 0) is 99.6 Å². The first-order chi connectivity index (χ1) is 30.0. The van der Waals surface area contributed by atoms with Crippen molar-refractivity contribution < 1.29 is 8.83 Å². The molecule has 3 nitrogen and oxygen atoms in total. The lowest BCUT2D eigenvalue weighted by molar-refractivity contribution is 0.660. The first kappa shape index (κ1) is 34.5. The van der Waals surface area contributed by atoms with Gasteiger partial charge in [-0.15, -0.1) is 11.3 Å². The molecule has 0 atom stereocenters. The van der Waals surface area contributed by atoms with Crippen LogP contribution in [-0.4, -0.2) is 0 Å². The Morgan fingerprint density at radius 3 is 1.97 bits per heavy atom. The molecule has 12 aromatic rings. The molecule has 0 aliphatic heterocycles. The zero-order chi connectivity index (χ0) is 40.4. The van der Waals surface area contributed by atoms with Crippen LogP contribution in [-0.2, 0) is 5.41 Å². The summed E-state index contributed by atoms with van der Waals surface area (Å²) in [6.45, 7) is 4.70. The molecule has 0 spiro atoms. The van der Waals surface area contributed by atoms with Crippen LogP contribution in [0.2, 0.25) is 0 Å². The average molecular weight is 800 g/mol.